The first kappa shape index (κ1) is 79.8. The Labute approximate surface area is 447 Å². The molecule has 0 aliphatic heterocycles. The van der Waals surface area contributed by atoms with Crippen LogP contribution in [0.25, 0.3) is 0 Å². The number of aliphatic imine (C=N–C) groups is 2. The fourth-order valence-corrected chi connectivity index (χ4v) is 5.99. The maximum absolute atomic E-state index is 15.6. The van der Waals surface area contributed by atoms with Gasteiger partial charge >= 0.3 is 137 Å². The van der Waals surface area contributed by atoms with E-state index in [0.29, 0.717) is 13.0 Å². The van der Waals surface area contributed by atoms with Crippen LogP contribution in [0.15, 0.2) is 16.1 Å². The summed E-state index contributed by atoms with van der Waals surface area (Å²) in [6, 6.07) is -1.07. The molecule has 0 unspecified atom stereocenters. The summed E-state index contributed by atoms with van der Waals surface area (Å²) in [6.07, 6.45) is -8.04. The van der Waals surface area contributed by atoms with E-state index in [0.717, 1.165) is 5.32 Å². The van der Waals surface area contributed by atoms with Crippen LogP contribution in [0.4, 0.5) is 209 Å². The molecule has 0 saturated heterocycles. The number of carbonyl (C=O) groups is 2. The summed E-state index contributed by atoms with van der Waals surface area (Å²) in [5.74, 6) is -220. The first-order valence-corrected chi connectivity index (χ1v) is 19.6. The van der Waals surface area contributed by atoms with Crippen LogP contribution in [0.5, 0.6) is 0 Å². The third-order valence-corrected chi connectivity index (χ3v) is 11.1. The zero-order valence-electron chi connectivity index (χ0n) is 39.2. The van der Waals surface area contributed by atoms with E-state index in [1.807, 2.05) is 0 Å². The summed E-state index contributed by atoms with van der Waals surface area (Å²) in [7, 11) is 0. The molecule has 1 amide bonds. The van der Waals surface area contributed by atoms with E-state index in [2.05, 4.69) is 14.7 Å². The zero-order chi connectivity index (χ0) is 71.7. The van der Waals surface area contributed by atoms with E-state index < -0.39 is 183 Å². The molecule has 0 fully saturated rings. The van der Waals surface area contributed by atoms with Crippen molar-refractivity contribution >= 4 is 35.4 Å². The average molecular weight is 1410 g/mol. The smallest absolute Gasteiger partial charge is 0.445 e. The van der Waals surface area contributed by atoms with Crippen molar-refractivity contribution < 1.29 is 221 Å². The van der Waals surface area contributed by atoms with Crippen molar-refractivity contribution in [3.05, 3.63) is 22.8 Å². The van der Waals surface area contributed by atoms with Gasteiger partial charge in [0.2, 0.25) is 12.2 Å². The molecule has 1 aromatic rings. The van der Waals surface area contributed by atoms with Crippen molar-refractivity contribution in [2.45, 2.75) is 144 Å². The molecule has 1 N–H and O–H groups in total. The van der Waals surface area contributed by atoms with Gasteiger partial charge in [-0.15, -0.1) is 0 Å². The lowest BCUT2D eigenvalue weighted by Gasteiger charge is -2.47. The van der Waals surface area contributed by atoms with E-state index in [4.69, 9.17) is 0 Å². The second-order valence-corrected chi connectivity index (χ2v) is 16.6. The zero-order valence-corrected chi connectivity index (χ0v) is 39.2. The monoisotopic (exact) mass is 1410 g/mol. The van der Waals surface area contributed by atoms with Crippen LogP contribution < -0.4 is 5.32 Å². The standard InChI is InChI=1S/C35H10F45N3O5/c1-7-3-9(10(13(87)83-6-88-8(2)86)12(82-5-85)11(7)81-4-84)14(36,37)15(38,39)16(40,41)17(42,43)18(44,45)19(46,47)20(48,49)21(50,51)22(52,53)23(54,55)24(56,57)25(58,59)26(60,61)27(62,63)28(64,65)29(66,67)30(68,69)31(70,71)32(72,73)33(74,75)34(76,77)35(78,79)80/h3H,6H2,1-2H3,(H,83,87). The van der Waals surface area contributed by atoms with E-state index in [9.17, 15) is 199 Å². The quantitative estimate of drug-likeness (QED) is 0.0326. The summed E-state index contributed by atoms with van der Waals surface area (Å²) >= 11 is 0. The summed E-state index contributed by atoms with van der Waals surface area (Å²) in [5, 5.41) is 0.954. The molecule has 1 rings (SSSR count). The molecular formula is C35H10F45N3O5. The minimum absolute atomic E-state index is 0.0363. The fraction of sp³-hybridized carbons (Fsp3) is 0.714. The number of nitrogens with zero attached hydrogens (tertiary/aromatic N) is 2. The number of aryl methyl sites for hydroxylation is 1. The number of amides is 1. The third-order valence-electron chi connectivity index (χ3n) is 11.1. The Bertz CT molecular complexity index is 2930. The highest BCUT2D eigenvalue weighted by molar-refractivity contribution is 6.04. The van der Waals surface area contributed by atoms with E-state index in [-0.39, 0.29) is 13.0 Å². The van der Waals surface area contributed by atoms with Gasteiger partial charge in [0.05, 0.1) is 5.56 Å². The van der Waals surface area contributed by atoms with Crippen LogP contribution in [0.2, 0.25) is 0 Å². The lowest BCUT2D eigenvalue weighted by molar-refractivity contribution is -0.497. The van der Waals surface area contributed by atoms with Gasteiger partial charge in [0, 0.05) is 12.5 Å². The lowest BCUT2D eigenvalue weighted by atomic mass is 9.81. The Morgan fingerprint density at radius 1 is 0.364 bits per heavy atom. The molecule has 0 bridgehead atoms. The maximum atomic E-state index is 15.6. The Morgan fingerprint density at radius 3 is 0.773 bits per heavy atom. The second-order valence-electron chi connectivity index (χ2n) is 16.6. The predicted molar refractivity (Wildman–Crippen MR) is 180 cm³/mol. The summed E-state index contributed by atoms with van der Waals surface area (Å²) in [5.41, 5.74) is -12.2. The Kier molecular flexibility index (Phi) is 19.5. The molecule has 53 heteroatoms. The first-order chi connectivity index (χ1) is 37.9. The number of hydrogen-bond acceptors (Lipinski definition) is 7. The van der Waals surface area contributed by atoms with Crippen LogP contribution in [0.1, 0.15) is 28.4 Å². The van der Waals surface area contributed by atoms with Gasteiger partial charge in [-0.05, 0) is 18.6 Å². The van der Waals surface area contributed by atoms with Crippen molar-refractivity contribution in [2.24, 2.45) is 9.98 Å². The van der Waals surface area contributed by atoms with Gasteiger partial charge in [-0.2, -0.15) is 208 Å². The van der Waals surface area contributed by atoms with E-state index in [1.165, 1.54) is 0 Å². The van der Waals surface area contributed by atoms with Gasteiger partial charge in [-0.3, -0.25) is 9.59 Å². The molecule has 0 radical (unpaired) electrons. The van der Waals surface area contributed by atoms with Crippen molar-refractivity contribution in [2.75, 3.05) is 6.73 Å². The van der Waals surface area contributed by atoms with Crippen LogP contribution in [-0.2, 0) is 25.0 Å². The minimum Gasteiger partial charge on any atom is -0.445 e. The minimum atomic E-state index is -10.9. The molecule has 0 aliphatic rings. The number of benzene rings is 1. The molecule has 0 saturated carbocycles. The molecule has 0 atom stereocenters. The molecule has 0 aromatic heterocycles. The van der Waals surface area contributed by atoms with Crippen molar-refractivity contribution in [3.63, 3.8) is 0 Å². The SMILES string of the molecule is CC(=O)OCNC(=O)c1c(C(F)(F)C(F)(F)C(F)(F)C(F)(F)C(F)(F)C(F)(F)C(F)(F)C(F)(F)C(F)(F)C(F)(F)C(F)(F)C(F)(F)C(F)(F)C(F)(F)C(F)(F)C(F)(F)C(F)(F)C(F)(F)C(F)(F)C(F)(F)C(F)(F)C(F)(F)F)cc(C)c(N=C=O)c1N=C=O. The average Bonchev–Trinajstić information content (AvgIpc) is 3.32. The van der Waals surface area contributed by atoms with Crippen molar-refractivity contribution in [1.82, 2.24) is 5.32 Å². The van der Waals surface area contributed by atoms with Crippen LogP contribution in [-0.4, -0.2) is 155 Å². The summed E-state index contributed by atoms with van der Waals surface area (Å²) in [6.45, 7) is -1.42. The number of esters is 1. The first-order valence-electron chi connectivity index (χ1n) is 19.6. The number of nitrogens with one attached hydrogen (secondary N) is 1. The number of isocyanates is 2. The lowest BCUT2D eigenvalue weighted by Crippen LogP contribution is -2.81. The molecular weight excluding hydrogens is 1400 g/mol. The molecule has 0 heterocycles. The van der Waals surface area contributed by atoms with Gasteiger partial charge in [-0.25, -0.2) is 9.59 Å². The van der Waals surface area contributed by atoms with Crippen molar-refractivity contribution in [3.8, 4) is 0 Å². The van der Waals surface area contributed by atoms with E-state index >= 15 is 17.6 Å². The number of hydrogen-bond donors (Lipinski definition) is 1. The van der Waals surface area contributed by atoms with Gasteiger partial charge < -0.3 is 10.1 Å². The Morgan fingerprint density at radius 2 is 0.568 bits per heavy atom. The second kappa shape index (κ2) is 21.5. The number of ether oxygens (including phenoxy) is 1. The number of carbonyl (C=O) groups excluding carboxylic acids is 4. The van der Waals surface area contributed by atoms with Crippen LogP contribution in [0, 0.1) is 6.92 Å². The van der Waals surface area contributed by atoms with Gasteiger partial charge in [-0.1, -0.05) is 0 Å². The molecule has 0 spiro atoms. The fourth-order valence-electron chi connectivity index (χ4n) is 5.99. The highest BCUT2D eigenvalue weighted by Crippen LogP contribution is 2.72. The predicted octanol–water partition coefficient (Wildman–Crippen LogP) is 15.5. The molecule has 510 valence electrons. The molecule has 88 heavy (non-hydrogen) atoms. The van der Waals surface area contributed by atoms with Gasteiger partial charge in [0.1, 0.15) is 11.4 Å². The van der Waals surface area contributed by atoms with Gasteiger partial charge in [0.25, 0.3) is 5.91 Å². The third kappa shape index (κ3) is 9.80. The molecule has 1 aromatic carbocycles. The summed E-state index contributed by atoms with van der Waals surface area (Å²) in [4.78, 5) is 50.3. The number of rotatable bonds is 26. The Hall–Kier alpha value is -6.23. The Balaban J connectivity index is 4.36. The summed E-state index contributed by atoms with van der Waals surface area (Å²) < 4.78 is 643. The maximum Gasteiger partial charge on any atom is 0.460 e. The topological polar surface area (TPSA) is 114 Å². The number of alkyl halides is 45. The molecule has 0 aliphatic carbocycles. The molecule has 8 nitrogen and oxygen atoms in total. The number of halogens is 45. The van der Waals surface area contributed by atoms with E-state index in [1.54, 1.807) is 0 Å². The van der Waals surface area contributed by atoms with Crippen LogP contribution >= 0.6 is 0 Å². The van der Waals surface area contributed by atoms with Gasteiger partial charge in [0.15, 0.2) is 6.73 Å². The highest BCUT2D eigenvalue weighted by atomic mass is 19.4. The van der Waals surface area contributed by atoms with Crippen molar-refractivity contribution in [1.29, 1.82) is 0 Å². The van der Waals surface area contributed by atoms with Crippen LogP contribution in [0.3, 0.4) is 0 Å². The largest absolute Gasteiger partial charge is 0.460 e. The normalized spacial score (nSPS) is 15.8. The highest BCUT2D eigenvalue weighted by Gasteiger charge is 3.04.